The summed E-state index contributed by atoms with van der Waals surface area (Å²) in [7, 11) is 1.62. The molecular formula is C20H19Cl2NO3S. The minimum absolute atomic E-state index is 0.324. The van der Waals surface area contributed by atoms with Gasteiger partial charge >= 0.3 is 5.97 Å². The highest BCUT2D eigenvalue weighted by Gasteiger charge is 2.13. The van der Waals surface area contributed by atoms with Gasteiger partial charge in [-0.15, -0.1) is 11.8 Å². The molecular weight excluding hydrogens is 405 g/mol. The van der Waals surface area contributed by atoms with Crippen LogP contribution in [0.1, 0.15) is 22.5 Å². The van der Waals surface area contributed by atoms with Crippen LogP contribution in [0.4, 0.5) is 0 Å². The number of ether oxygens (including phenoxy) is 2. The van der Waals surface area contributed by atoms with Crippen molar-refractivity contribution in [1.82, 2.24) is 4.98 Å². The summed E-state index contributed by atoms with van der Waals surface area (Å²) in [5.74, 6) is 0.398. The number of thioether (sulfide) groups is 1. The van der Waals surface area contributed by atoms with Gasteiger partial charge in [-0.25, -0.2) is 4.79 Å². The van der Waals surface area contributed by atoms with Crippen LogP contribution in [0.25, 0.3) is 10.9 Å². The molecule has 142 valence electrons. The third-order valence-electron chi connectivity index (χ3n) is 3.93. The van der Waals surface area contributed by atoms with Gasteiger partial charge in [0.2, 0.25) is 0 Å². The van der Waals surface area contributed by atoms with Gasteiger partial charge in [-0.2, -0.15) is 0 Å². The van der Waals surface area contributed by atoms with Gasteiger partial charge in [0.25, 0.3) is 0 Å². The number of methoxy groups -OCH3 is 1. The average molecular weight is 424 g/mol. The number of carbonyl (C=O) groups is 1. The van der Waals surface area contributed by atoms with E-state index in [1.807, 2.05) is 36.4 Å². The molecule has 0 aliphatic rings. The van der Waals surface area contributed by atoms with E-state index in [1.165, 1.54) is 0 Å². The number of rotatable bonds is 8. The fraction of sp³-hybridized carbons (Fsp3) is 0.250. The molecule has 0 fully saturated rings. The summed E-state index contributed by atoms with van der Waals surface area (Å²) in [6.07, 6.45) is 0.666. The van der Waals surface area contributed by atoms with Crippen LogP contribution in [-0.4, -0.2) is 31.3 Å². The third kappa shape index (κ3) is 5.42. The van der Waals surface area contributed by atoms with Gasteiger partial charge in [-0.05, 0) is 35.9 Å². The molecule has 0 saturated carbocycles. The van der Waals surface area contributed by atoms with Crippen molar-refractivity contribution in [3.05, 3.63) is 63.8 Å². The Balaban J connectivity index is 1.69. The van der Waals surface area contributed by atoms with E-state index in [1.54, 1.807) is 24.9 Å². The van der Waals surface area contributed by atoms with Crippen LogP contribution >= 0.6 is 35.0 Å². The third-order valence-corrected chi connectivity index (χ3v) is 5.73. The molecule has 0 amide bonds. The highest BCUT2D eigenvalue weighted by molar-refractivity contribution is 7.98. The predicted octanol–water partition coefficient (Wildman–Crippen LogP) is 5.96. The minimum Gasteiger partial charge on any atom is -0.461 e. The smallest absolute Gasteiger partial charge is 0.354 e. The van der Waals surface area contributed by atoms with Gasteiger partial charge in [-0.3, -0.25) is 0 Å². The lowest BCUT2D eigenvalue weighted by Crippen LogP contribution is -2.08. The Hall–Kier alpha value is -1.66. The lowest BCUT2D eigenvalue weighted by atomic mass is 10.2. The Kier molecular flexibility index (Phi) is 7.07. The Morgan fingerprint density at radius 1 is 1.11 bits per heavy atom. The molecule has 1 aromatic heterocycles. The number of halogens is 2. The van der Waals surface area contributed by atoms with Crippen molar-refractivity contribution in [2.75, 3.05) is 20.3 Å². The first-order valence-electron chi connectivity index (χ1n) is 8.42. The lowest BCUT2D eigenvalue weighted by molar-refractivity contribution is 0.0463. The zero-order chi connectivity index (χ0) is 19.2. The van der Waals surface area contributed by atoms with Crippen molar-refractivity contribution in [2.45, 2.75) is 17.1 Å². The number of carbonyl (C=O) groups excluding carboxylic acids is 1. The van der Waals surface area contributed by atoms with E-state index in [2.05, 4.69) is 4.98 Å². The second-order valence-corrected chi connectivity index (χ2v) is 7.81. The van der Waals surface area contributed by atoms with Crippen LogP contribution in [0, 0.1) is 0 Å². The molecule has 0 aliphatic carbocycles. The minimum atomic E-state index is -0.381. The summed E-state index contributed by atoms with van der Waals surface area (Å²) in [5, 5.41) is 2.28. The predicted molar refractivity (Wildman–Crippen MR) is 111 cm³/mol. The first-order chi connectivity index (χ1) is 13.1. The summed E-state index contributed by atoms with van der Waals surface area (Å²) in [6, 6.07) is 13.3. The van der Waals surface area contributed by atoms with Gasteiger partial charge in [0.1, 0.15) is 5.69 Å². The van der Waals surface area contributed by atoms with Gasteiger partial charge in [0, 0.05) is 46.7 Å². The number of benzene rings is 2. The molecule has 27 heavy (non-hydrogen) atoms. The summed E-state index contributed by atoms with van der Waals surface area (Å²) >= 11 is 14.0. The number of hydrogen-bond donors (Lipinski definition) is 1. The van der Waals surface area contributed by atoms with Crippen LogP contribution in [-0.2, 0) is 15.2 Å². The largest absolute Gasteiger partial charge is 0.461 e. The SMILES string of the molecule is COCCCOC(=O)c1cc2cc(SCc3ccc(Cl)cc3)c(Cl)cc2[nH]1. The highest BCUT2D eigenvalue weighted by Crippen LogP contribution is 2.34. The molecule has 3 rings (SSSR count). The Morgan fingerprint density at radius 2 is 1.89 bits per heavy atom. The number of aromatic amines is 1. The fourth-order valence-electron chi connectivity index (χ4n) is 2.54. The number of esters is 1. The molecule has 0 spiro atoms. The monoisotopic (exact) mass is 423 g/mol. The van der Waals surface area contributed by atoms with E-state index in [9.17, 15) is 4.79 Å². The van der Waals surface area contributed by atoms with E-state index in [-0.39, 0.29) is 5.97 Å². The molecule has 0 radical (unpaired) electrons. The van der Waals surface area contributed by atoms with Gasteiger partial charge in [0.15, 0.2) is 0 Å². The van der Waals surface area contributed by atoms with Crippen molar-refractivity contribution in [1.29, 1.82) is 0 Å². The van der Waals surface area contributed by atoms with Gasteiger partial charge < -0.3 is 14.5 Å². The number of aromatic nitrogens is 1. The van der Waals surface area contributed by atoms with Crippen LogP contribution in [0.3, 0.4) is 0 Å². The molecule has 0 atom stereocenters. The number of fused-ring (bicyclic) bond motifs is 1. The van der Waals surface area contributed by atoms with Gasteiger partial charge in [-0.1, -0.05) is 35.3 Å². The summed E-state index contributed by atoms with van der Waals surface area (Å²) < 4.78 is 10.2. The molecule has 0 aliphatic heterocycles. The highest BCUT2D eigenvalue weighted by atomic mass is 35.5. The molecule has 4 nitrogen and oxygen atoms in total. The molecule has 3 aromatic rings. The maximum atomic E-state index is 12.1. The summed E-state index contributed by atoms with van der Waals surface area (Å²) in [5.41, 5.74) is 2.38. The molecule has 0 bridgehead atoms. The standard InChI is InChI=1S/C20H19Cl2NO3S/c1-25-7-2-8-26-20(24)18-9-14-10-19(16(22)11-17(14)23-18)27-12-13-3-5-15(21)6-4-13/h3-6,9-11,23H,2,7-8,12H2,1H3. The maximum Gasteiger partial charge on any atom is 0.354 e. The maximum absolute atomic E-state index is 12.1. The van der Waals surface area contributed by atoms with E-state index < -0.39 is 0 Å². The van der Waals surface area contributed by atoms with E-state index in [0.717, 1.165) is 32.1 Å². The number of hydrogen-bond acceptors (Lipinski definition) is 4. The number of H-pyrrole nitrogens is 1. The molecule has 0 unspecified atom stereocenters. The quantitative estimate of drug-likeness (QED) is 0.275. The van der Waals surface area contributed by atoms with Crippen LogP contribution < -0.4 is 0 Å². The van der Waals surface area contributed by atoms with Gasteiger partial charge in [0.05, 0.1) is 11.6 Å². The Morgan fingerprint density at radius 3 is 2.63 bits per heavy atom. The van der Waals surface area contributed by atoms with Crippen molar-refractivity contribution >= 4 is 51.8 Å². The molecule has 0 saturated heterocycles. The van der Waals surface area contributed by atoms with E-state index >= 15 is 0 Å². The zero-order valence-electron chi connectivity index (χ0n) is 14.8. The second kappa shape index (κ2) is 9.51. The second-order valence-electron chi connectivity index (χ2n) is 5.95. The molecule has 2 aromatic carbocycles. The number of nitrogens with one attached hydrogen (secondary N) is 1. The summed E-state index contributed by atoms with van der Waals surface area (Å²) in [4.78, 5) is 16.2. The zero-order valence-corrected chi connectivity index (χ0v) is 17.1. The fourth-order valence-corrected chi connectivity index (χ4v) is 3.92. The van der Waals surface area contributed by atoms with E-state index in [0.29, 0.717) is 30.4 Å². The normalized spacial score (nSPS) is 11.1. The average Bonchev–Trinajstić information content (AvgIpc) is 3.07. The summed E-state index contributed by atoms with van der Waals surface area (Å²) in [6.45, 7) is 0.884. The molecule has 7 heteroatoms. The van der Waals surface area contributed by atoms with Crippen molar-refractivity contribution in [3.63, 3.8) is 0 Å². The van der Waals surface area contributed by atoms with Crippen molar-refractivity contribution in [3.8, 4) is 0 Å². The molecule has 1 N–H and O–H groups in total. The molecule has 1 heterocycles. The van der Waals surface area contributed by atoms with Crippen LogP contribution in [0.2, 0.25) is 10.0 Å². The lowest BCUT2D eigenvalue weighted by Gasteiger charge is -2.05. The van der Waals surface area contributed by atoms with Crippen LogP contribution in [0.15, 0.2) is 47.4 Å². The van der Waals surface area contributed by atoms with Crippen LogP contribution in [0.5, 0.6) is 0 Å². The Bertz CT molecular complexity index is 925. The van der Waals surface area contributed by atoms with E-state index in [4.69, 9.17) is 32.7 Å². The van der Waals surface area contributed by atoms with Crippen molar-refractivity contribution in [2.24, 2.45) is 0 Å². The van der Waals surface area contributed by atoms with Crippen molar-refractivity contribution < 1.29 is 14.3 Å². The first kappa shape index (κ1) is 20.1. The topological polar surface area (TPSA) is 51.3 Å². The Labute approximate surface area is 172 Å². The first-order valence-corrected chi connectivity index (χ1v) is 10.2.